The second-order valence-corrected chi connectivity index (χ2v) is 6.39. The Balaban J connectivity index is 1.56. The molecule has 0 radical (unpaired) electrons. The molecule has 0 bridgehead atoms. The Hall–Kier alpha value is -4.05. The largest absolute Gasteiger partial charge is 0.276 e. The number of nitrogens with zero attached hydrogens (tertiary/aromatic N) is 3. The van der Waals surface area contributed by atoms with E-state index < -0.39 is 0 Å². The fraction of sp³-hybridized carbons (Fsp3) is 0. The van der Waals surface area contributed by atoms with Gasteiger partial charge in [0, 0.05) is 5.56 Å². The molecular weight excluding hydrogens is 356 g/mol. The third-order valence-electron chi connectivity index (χ3n) is 4.33. The summed E-state index contributed by atoms with van der Waals surface area (Å²) >= 11 is 0. The maximum atomic E-state index is 4.45. The fourth-order valence-corrected chi connectivity index (χ4v) is 2.82. The normalized spacial score (nSPS) is 11.5. The maximum Gasteiger partial charge on any atom is 0.201 e. The molecule has 0 unspecified atom stereocenters. The standard InChI is InChI=1S/C25H20N4/c1-4-10-20(11-5-1)21-16-18-24(19-17-21)27-29-25(22-12-6-2-7-13-22)28-26-23-14-8-3-9-15-23/h1-19,26H/b28-25-,29-27?. The van der Waals surface area contributed by atoms with Crippen molar-refractivity contribution in [2.75, 3.05) is 5.43 Å². The quantitative estimate of drug-likeness (QED) is 0.175. The van der Waals surface area contributed by atoms with Crippen LogP contribution in [0.25, 0.3) is 11.1 Å². The van der Waals surface area contributed by atoms with Gasteiger partial charge in [0.2, 0.25) is 5.84 Å². The molecule has 0 saturated carbocycles. The lowest BCUT2D eigenvalue weighted by molar-refractivity contribution is 1.22. The van der Waals surface area contributed by atoms with Crippen LogP contribution in [0.1, 0.15) is 5.56 Å². The van der Waals surface area contributed by atoms with E-state index in [-0.39, 0.29) is 0 Å². The summed E-state index contributed by atoms with van der Waals surface area (Å²) in [6.45, 7) is 0. The van der Waals surface area contributed by atoms with Crippen LogP contribution in [0.15, 0.2) is 131 Å². The third kappa shape index (κ3) is 5.02. The summed E-state index contributed by atoms with van der Waals surface area (Å²) in [6.07, 6.45) is 0. The fourth-order valence-electron chi connectivity index (χ4n) is 2.82. The number of hydrazone groups is 1. The third-order valence-corrected chi connectivity index (χ3v) is 4.33. The molecule has 0 atom stereocenters. The monoisotopic (exact) mass is 376 g/mol. The Morgan fingerprint density at radius 3 is 1.76 bits per heavy atom. The summed E-state index contributed by atoms with van der Waals surface area (Å²) in [4.78, 5) is 0. The first kappa shape index (κ1) is 18.3. The van der Waals surface area contributed by atoms with Crippen molar-refractivity contribution >= 4 is 17.2 Å². The minimum absolute atomic E-state index is 0.515. The van der Waals surface area contributed by atoms with E-state index in [1.54, 1.807) is 0 Å². The summed E-state index contributed by atoms with van der Waals surface area (Å²) in [5.41, 5.74) is 7.92. The number of rotatable bonds is 5. The van der Waals surface area contributed by atoms with Crippen molar-refractivity contribution < 1.29 is 0 Å². The van der Waals surface area contributed by atoms with Crippen molar-refractivity contribution in [1.29, 1.82) is 0 Å². The Morgan fingerprint density at radius 1 is 0.552 bits per heavy atom. The van der Waals surface area contributed by atoms with Crippen LogP contribution in [0.3, 0.4) is 0 Å². The highest BCUT2D eigenvalue weighted by Gasteiger charge is 2.03. The van der Waals surface area contributed by atoms with Gasteiger partial charge in [-0.1, -0.05) is 91.0 Å². The van der Waals surface area contributed by atoms with E-state index in [0.29, 0.717) is 5.84 Å². The first-order valence-electron chi connectivity index (χ1n) is 9.40. The molecule has 0 amide bonds. The lowest BCUT2D eigenvalue weighted by Crippen LogP contribution is -2.00. The Bertz CT molecular complexity index is 1090. The Morgan fingerprint density at radius 2 is 1.10 bits per heavy atom. The van der Waals surface area contributed by atoms with Gasteiger partial charge >= 0.3 is 0 Å². The molecule has 4 heteroatoms. The molecule has 0 aliphatic heterocycles. The van der Waals surface area contributed by atoms with Crippen molar-refractivity contribution in [3.63, 3.8) is 0 Å². The van der Waals surface area contributed by atoms with Gasteiger partial charge in [0.15, 0.2) is 0 Å². The summed E-state index contributed by atoms with van der Waals surface area (Å²) in [6, 6.07) is 37.8. The molecule has 0 aromatic heterocycles. The second kappa shape index (κ2) is 9.24. The van der Waals surface area contributed by atoms with Crippen LogP contribution in [0, 0.1) is 0 Å². The van der Waals surface area contributed by atoms with E-state index >= 15 is 0 Å². The molecule has 4 aromatic rings. The van der Waals surface area contributed by atoms with Crippen LogP contribution in [-0.4, -0.2) is 5.84 Å². The van der Waals surface area contributed by atoms with Gasteiger partial charge in [-0.25, -0.2) is 0 Å². The predicted molar refractivity (Wildman–Crippen MR) is 119 cm³/mol. The number of benzene rings is 4. The summed E-state index contributed by atoms with van der Waals surface area (Å²) < 4.78 is 0. The lowest BCUT2D eigenvalue weighted by Gasteiger charge is -2.04. The van der Waals surface area contributed by atoms with Gasteiger partial charge in [-0.3, -0.25) is 5.43 Å². The van der Waals surface area contributed by atoms with E-state index in [0.717, 1.165) is 22.5 Å². The zero-order valence-electron chi connectivity index (χ0n) is 15.8. The number of para-hydroxylation sites is 1. The Labute approximate surface area is 170 Å². The van der Waals surface area contributed by atoms with Gasteiger partial charge in [-0.05, 0) is 35.4 Å². The van der Waals surface area contributed by atoms with Gasteiger partial charge in [0.1, 0.15) is 0 Å². The zero-order chi connectivity index (χ0) is 19.7. The highest BCUT2D eigenvalue weighted by molar-refractivity contribution is 5.99. The molecule has 4 aromatic carbocycles. The smallest absolute Gasteiger partial charge is 0.201 e. The topological polar surface area (TPSA) is 49.1 Å². The minimum atomic E-state index is 0.515. The van der Waals surface area contributed by atoms with Gasteiger partial charge < -0.3 is 0 Å². The molecule has 140 valence electrons. The summed E-state index contributed by atoms with van der Waals surface area (Å²) in [7, 11) is 0. The average molecular weight is 376 g/mol. The van der Waals surface area contributed by atoms with Crippen LogP contribution < -0.4 is 5.43 Å². The van der Waals surface area contributed by atoms with Gasteiger partial charge in [-0.2, -0.15) is 5.10 Å². The van der Waals surface area contributed by atoms with E-state index in [1.165, 1.54) is 5.56 Å². The molecule has 0 spiro atoms. The number of anilines is 1. The summed E-state index contributed by atoms with van der Waals surface area (Å²) in [5.74, 6) is 0.515. The van der Waals surface area contributed by atoms with Crippen LogP contribution in [0.2, 0.25) is 0 Å². The van der Waals surface area contributed by atoms with Crippen LogP contribution >= 0.6 is 0 Å². The van der Waals surface area contributed by atoms with Crippen molar-refractivity contribution in [2.45, 2.75) is 0 Å². The van der Waals surface area contributed by atoms with E-state index in [4.69, 9.17) is 0 Å². The van der Waals surface area contributed by atoms with Crippen LogP contribution in [0.4, 0.5) is 11.4 Å². The molecular formula is C25H20N4. The first-order valence-corrected chi connectivity index (χ1v) is 9.40. The van der Waals surface area contributed by atoms with Crippen LogP contribution in [-0.2, 0) is 0 Å². The molecule has 29 heavy (non-hydrogen) atoms. The number of hydrogen-bond acceptors (Lipinski definition) is 3. The van der Waals surface area contributed by atoms with Crippen molar-refractivity contribution in [3.8, 4) is 11.1 Å². The van der Waals surface area contributed by atoms with E-state index in [2.05, 4.69) is 32.9 Å². The molecule has 1 N–H and O–H groups in total. The van der Waals surface area contributed by atoms with Crippen LogP contribution in [0.5, 0.6) is 0 Å². The van der Waals surface area contributed by atoms with E-state index in [1.807, 2.05) is 103 Å². The van der Waals surface area contributed by atoms with E-state index in [9.17, 15) is 0 Å². The number of azo groups is 1. The number of hydrogen-bond donors (Lipinski definition) is 1. The lowest BCUT2D eigenvalue weighted by atomic mass is 10.1. The number of nitrogens with one attached hydrogen (secondary N) is 1. The Kier molecular flexibility index (Phi) is 5.84. The van der Waals surface area contributed by atoms with Gasteiger partial charge in [-0.15, -0.1) is 10.2 Å². The SMILES string of the molecule is c1ccc(N/N=C(\N=Nc2ccc(-c3ccccc3)cc2)c2ccccc2)cc1. The predicted octanol–water partition coefficient (Wildman–Crippen LogP) is 6.91. The van der Waals surface area contributed by atoms with Crippen molar-refractivity contribution in [3.05, 3.63) is 121 Å². The highest BCUT2D eigenvalue weighted by Crippen LogP contribution is 2.22. The minimum Gasteiger partial charge on any atom is -0.276 e. The van der Waals surface area contributed by atoms with Crippen molar-refractivity contribution in [2.24, 2.45) is 15.3 Å². The van der Waals surface area contributed by atoms with Gasteiger partial charge in [0.05, 0.1) is 11.4 Å². The second-order valence-electron chi connectivity index (χ2n) is 6.39. The first-order chi connectivity index (χ1) is 14.4. The summed E-state index contributed by atoms with van der Waals surface area (Å²) in [5, 5.41) is 13.2. The molecule has 0 aliphatic carbocycles. The molecule has 0 fully saturated rings. The molecule has 0 aliphatic rings. The highest BCUT2D eigenvalue weighted by atomic mass is 15.3. The molecule has 0 saturated heterocycles. The molecule has 4 rings (SSSR count). The maximum absolute atomic E-state index is 4.45. The average Bonchev–Trinajstić information content (AvgIpc) is 2.81. The molecule has 4 nitrogen and oxygen atoms in total. The van der Waals surface area contributed by atoms with Crippen molar-refractivity contribution in [1.82, 2.24) is 0 Å². The van der Waals surface area contributed by atoms with Gasteiger partial charge in [0.25, 0.3) is 0 Å². The number of amidine groups is 1. The molecule has 0 heterocycles. The zero-order valence-corrected chi connectivity index (χ0v) is 15.8.